The van der Waals surface area contributed by atoms with Crippen LogP contribution in [0.5, 0.6) is 0 Å². The molecule has 0 atom stereocenters. The molecule has 0 aliphatic carbocycles. The van der Waals surface area contributed by atoms with E-state index in [0.29, 0.717) is 12.5 Å². The van der Waals surface area contributed by atoms with Gasteiger partial charge in [0.1, 0.15) is 11.8 Å². The van der Waals surface area contributed by atoms with E-state index in [1.807, 2.05) is 6.07 Å². The van der Waals surface area contributed by atoms with Crippen molar-refractivity contribution in [1.29, 1.82) is 0 Å². The Morgan fingerprint density at radius 1 is 1.14 bits per heavy atom. The first-order valence-electron chi connectivity index (χ1n) is 10.3. The molecule has 1 saturated heterocycles. The van der Waals surface area contributed by atoms with E-state index in [4.69, 9.17) is 0 Å². The molecular formula is C22H30N6O. The highest BCUT2D eigenvalue weighted by Crippen LogP contribution is 2.29. The van der Waals surface area contributed by atoms with Crippen molar-refractivity contribution in [1.82, 2.24) is 24.3 Å². The highest BCUT2D eigenvalue weighted by atomic mass is 16.1. The van der Waals surface area contributed by atoms with Crippen molar-refractivity contribution >= 4 is 16.9 Å². The smallest absolute Gasteiger partial charge is 0.266 e. The largest absolute Gasteiger partial charge is 0.355 e. The van der Waals surface area contributed by atoms with Crippen molar-refractivity contribution in [3.63, 3.8) is 0 Å². The molecular weight excluding hydrogens is 364 g/mol. The lowest BCUT2D eigenvalue weighted by Gasteiger charge is -2.33. The van der Waals surface area contributed by atoms with Gasteiger partial charge >= 0.3 is 0 Å². The summed E-state index contributed by atoms with van der Waals surface area (Å²) in [4.78, 5) is 23.7. The molecule has 0 amide bonds. The molecule has 3 aromatic heterocycles. The van der Waals surface area contributed by atoms with Crippen LogP contribution >= 0.6 is 0 Å². The lowest BCUT2D eigenvalue weighted by atomic mass is 9.92. The molecule has 7 heteroatoms. The normalized spacial score (nSPS) is 16.0. The van der Waals surface area contributed by atoms with Crippen LogP contribution in [0.3, 0.4) is 0 Å². The van der Waals surface area contributed by atoms with Crippen molar-refractivity contribution in [3.8, 4) is 0 Å². The second-order valence-corrected chi connectivity index (χ2v) is 9.20. The van der Waals surface area contributed by atoms with E-state index in [1.165, 1.54) is 5.69 Å². The van der Waals surface area contributed by atoms with Crippen molar-refractivity contribution in [3.05, 3.63) is 46.3 Å². The van der Waals surface area contributed by atoms with Gasteiger partial charge in [0, 0.05) is 43.9 Å². The maximum absolute atomic E-state index is 12.3. The molecule has 7 nitrogen and oxygen atoms in total. The van der Waals surface area contributed by atoms with E-state index in [-0.39, 0.29) is 11.0 Å². The zero-order valence-electron chi connectivity index (χ0n) is 18.0. The molecule has 4 heterocycles. The van der Waals surface area contributed by atoms with Crippen LogP contribution in [0.4, 0.5) is 5.82 Å². The third kappa shape index (κ3) is 3.78. The number of piperidine rings is 1. The van der Waals surface area contributed by atoms with Crippen LogP contribution in [-0.4, -0.2) is 37.4 Å². The molecule has 1 aliphatic rings. The highest BCUT2D eigenvalue weighted by Gasteiger charge is 2.24. The van der Waals surface area contributed by atoms with Gasteiger partial charge in [-0.1, -0.05) is 20.8 Å². The van der Waals surface area contributed by atoms with Gasteiger partial charge in [-0.25, -0.2) is 14.6 Å². The van der Waals surface area contributed by atoms with Gasteiger partial charge in [-0.2, -0.15) is 5.10 Å². The molecule has 0 spiro atoms. The summed E-state index contributed by atoms with van der Waals surface area (Å²) < 4.78 is 3.82. The van der Waals surface area contributed by atoms with Crippen LogP contribution < -0.4 is 10.5 Å². The standard InChI is InChI=1S/C22H30N6O/c1-15-12-17-20(26(15)5)21(24-14-23-17)27-10-8-16(9-11-27)13-28-19(29)7-6-18(25-28)22(2,3)4/h6-7,12,14,16H,8-11,13H2,1-5H3. The number of hydrogen-bond acceptors (Lipinski definition) is 5. The average molecular weight is 395 g/mol. The summed E-state index contributed by atoms with van der Waals surface area (Å²) in [5, 5.41) is 4.64. The number of aryl methyl sites for hydroxylation is 2. The van der Waals surface area contributed by atoms with Gasteiger partial charge < -0.3 is 9.47 Å². The fraction of sp³-hybridized carbons (Fsp3) is 0.545. The maximum Gasteiger partial charge on any atom is 0.266 e. The Labute approximate surface area is 171 Å². The topological polar surface area (TPSA) is 68.8 Å². The van der Waals surface area contributed by atoms with Gasteiger partial charge in [-0.3, -0.25) is 4.79 Å². The van der Waals surface area contributed by atoms with E-state index in [1.54, 1.807) is 17.1 Å². The SMILES string of the molecule is Cc1cc2ncnc(N3CCC(Cn4nc(C(C)(C)C)ccc4=O)CC3)c2n1C. The first-order valence-corrected chi connectivity index (χ1v) is 10.3. The first-order chi connectivity index (χ1) is 13.7. The number of fused-ring (bicyclic) bond motifs is 1. The minimum absolute atomic E-state index is 0.0165. The van der Waals surface area contributed by atoms with Crippen LogP contribution in [-0.2, 0) is 19.0 Å². The van der Waals surface area contributed by atoms with Gasteiger partial charge in [-0.05, 0) is 37.8 Å². The minimum Gasteiger partial charge on any atom is -0.355 e. The molecule has 0 aromatic carbocycles. The van der Waals surface area contributed by atoms with Crippen LogP contribution in [0.2, 0.25) is 0 Å². The molecule has 1 aliphatic heterocycles. The Morgan fingerprint density at radius 2 is 1.86 bits per heavy atom. The van der Waals surface area contributed by atoms with Gasteiger partial charge in [0.15, 0.2) is 5.82 Å². The Balaban J connectivity index is 1.49. The zero-order chi connectivity index (χ0) is 20.8. The van der Waals surface area contributed by atoms with Gasteiger partial charge in [0.2, 0.25) is 0 Å². The Hall–Kier alpha value is -2.70. The summed E-state index contributed by atoms with van der Waals surface area (Å²) in [6, 6.07) is 5.61. The minimum atomic E-state index is -0.0651. The molecule has 29 heavy (non-hydrogen) atoms. The number of hydrogen-bond donors (Lipinski definition) is 0. The zero-order valence-corrected chi connectivity index (χ0v) is 18.0. The van der Waals surface area contributed by atoms with Crippen LogP contribution in [0, 0.1) is 12.8 Å². The number of aromatic nitrogens is 5. The van der Waals surface area contributed by atoms with E-state index < -0.39 is 0 Å². The predicted octanol–water partition coefficient (Wildman–Crippen LogP) is 3.05. The second-order valence-electron chi connectivity index (χ2n) is 9.20. The van der Waals surface area contributed by atoms with Crippen molar-refractivity contribution < 1.29 is 0 Å². The first kappa shape index (κ1) is 19.6. The highest BCUT2D eigenvalue weighted by molar-refractivity contribution is 5.87. The summed E-state index contributed by atoms with van der Waals surface area (Å²) in [6.45, 7) is 11.0. The monoisotopic (exact) mass is 394 g/mol. The fourth-order valence-corrected chi connectivity index (χ4v) is 4.06. The molecule has 0 saturated carbocycles. The third-order valence-corrected chi connectivity index (χ3v) is 6.02. The lowest BCUT2D eigenvalue weighted by Crippen LogP contribution is -2.38. The quantitative estimate of drug-likeness (QED) is 0.683. The molecule has 0 radical (unpaired) electrons. The summed E-state index contributed by atoms with van der Waals surface area (Å²) in [7, 11) is 2.07. The second kappa shape index (κ2) is 7.28. The lowest BCUT2D eigenvalue weighted by molar-refractivity contribution is 0.329. The summed E-state index contributed by atoms with van der Waals surface area (Å²) in [5.74, 6) is 1.45. The van der Waals surface area contributed by atoms with Crippen molar-refractivity contribution in [2.24, 2.45) is 13.0 Å². The third-order valence-electron chi connectivity index (χ3n) is 6.02. The summed E-state index contributed by atoms with van der Waals surface area (Å²) >= 11 is 0. The van der Waals surface area contributed by atoms with Crippen LogP contribution in [0.1, 0.15) is 45.0 Å². The Kier molecular flexibility index (Phi) is 4.92. The summed E-state index contributed by atoms with van der Waals surface area (Å²) in [6.07, 6.45) is 3.69. The maximum atomic E-state index is 12.3. The van der Waals surface area contributed by atoms with Gasteiger partial charge in [0.05, 0.1) is 11.2 Å². The average Bonchev–Trinajstić information content (AvgIpc) is 2.97. The van der Waals surface area contributed by atoms with Gasteiger partial charge in [-0.15, -0.1) is 0 Å². The molecule has 0 unspecified atom stereocenters. The Bertz CT molecular complexity index is 1080. The van der Waals surface area contributed by atoms with Crippen LogP contribution in [0.25, 0.3) is 11.0 Å². The fourth-order valence-electron chi connectivity index (χ4n) is 4.06. The predicted molar refractivity (Wildman–Crippen MR) is 115 cm³/mol. The number of nitrogens with zero attached hydrogens (tertiary/aromatic N) is 6. The van der Waals surface area contributed by atoms with E-state index >= 15 is 0 Å². The van der Waals surface area contributed by atoms with E-state index in [0.717, 1.165) is 48.5 Å². The van der Waals surface area contributed by atoms with Crippen molar-refractivity contribution in [2.45, 2.75) is 52.5 Å². The molecule has 154 valence electrons. The Morgan fingerprint density at radius 3 is 2.55 bits per heavy atom. The van der Waals surface area contributed by atoms with Gasteiger partial charge in [0.25, 0.3) is 5.56 Å². The molecule has 0 bridgehead atoms. The molecule has 1 fully saturated rings. The molecule has 0 N–H and O–H groups in total. The number of anilines is 1. The number of rotatable bonds is 3. The van der Waals surface area contributed by atoms with E-state index in [9.17, 15) is 4.79 Å². The molecule has 3 aromatic rings. The summed E-state index contributed by atoms with van der Waals surface area (Å²) in [5.41, 5.74) is 4.14. The van der Waals surface area contributed by atoms with Crippen LogP contribution in [0.15, 0.2) is 29.3 Å². The van der Waals surface area contributed by atoms with E-state index in [2.05, 4.69) is 65.3 Å². The molecule has 4 rings (SSSR count). The van der Waals surface area contributed by atoms with Crippen molar-refractivity contribution in [2.75, 3.05) is 18.0 Å².